The topological polar surface area (TPSA) is 34.1 Å². The van der Waals surface area contributed by atoms with Crippen LogP contribution in [0.4, 0.5) is 0 Å². The van der Waals surface area contributed by atoms with Crippen molar-refractivity contribution in [1.82, 2.24) is 0 Å². The second-order valence-electron chi connectivity index (χ2n) is 5.34. The molecule has 3 unspecified atom stereocenters. The average molecular weight is 327 g/mol. The van der Waals surface area contributed by atoms with Gasteiger partial charge in [0.15, 0.2) is 24.9 Å². The van der Waals surface area contributed by atoms with Crippen LogP contribution in [0.5, 0.6) is 0 Å². The van der Waals surface area contributed by atoms with E-state index in [4.69, 9.17) is 0 Å². The fourth-order valence-corrected chi connectivity index (χ4v) is 8.54. The summed E-state index contributed by atoms with van der Waals surface area (Å²) in [7, 11) is -3.58. The van der Waals surface area contributed by atoms with Crippen LogP contribution in [0, 0.1) is 0 Å². The van der Waals surface area contributed by atoms with Crippen LogP contribution in [0.1, 0.15) is 0 Å². The van der Waals surface area contributed by atoms with Crippen LogP contribution in [0.2, 0.25) is 0 Å². The Morgan fingerprint density at radius 2 is 1.50 bits per heavy atom. The molecule has 110 valence electrons. The zero-order chi connectivity index (χ0) is 15.2. The molecule has 0 radical (unpaired) electrons. The maximum absolute atomic E-state index is 12.9. The summed E-state index contributed by atoms with van der Waals surface area (Å²) >= 11 is 0. The molecule has 0 N–H and O–H groups in total. The lowest BCUT2D eigenvalue weighted by molar-refractivity contribution is 0.584. The molecule has 0 saturated heterocycles. The second kappa shape index (κ2) is 5.14. The Balaban J connectivity index is 2.01. The first kappa shape index (κ1) is 13.9. The number of sulfone groups is 1. The minimum atomic E-state index is -3.31. The molecule has 1 heterocycles. The third kappa shape index (κ3) is 1.98. The number of allylic oxidation sites excluding steroid dienone is 2. The lowest BCUT2D eigenvalue weighted by Crippen LogP contribution is -2.43. The maximum Gasteiger partial charge on any atom is 0.195 e. The van der Waals surface area contributed by atoms with Crippen molar-refractivity contribution >= 4 is 20.7 Å². The van der Waals surface area contributed by atoms with Crippen molar-refractivity contribution < 1.29 is 8.42 Å². The van der Waals surface area contributed by atoms with Gasteiger partial charge in [0.05, 0.1) is 10.9 Å². The normalized spacial score (nSPS) is 27.9. The summed E-state index contributed by atoms with van der Waals surface area (Å²) < 4.78 is 25.9. The first-order chi connectivity index (χ1) is 10.7. The van der Waals surface area contributed by atoms with Gasteiger partial charge in [-0.2, -0.15) is 0 Å². The smallest absolute Gasteiger partial charge is 0.195 e. The third-order valence-corrected chi connectivity index (χ3v) is 9.10. The van der Waals surface area contributed by atoms with Crippen molar-refractivity contribution in [1.29, 1.82) is 0 Å². The molecule has 2 aliphatic rings. The summed E-state index contributed by atoms with van der Waals surface area (Å²) in [6.45, 7) is 0. The van der Waals surface area contributed by atoms with Gasteiger partial charge in [0.25, 0.3) is 0 Å². The predicted octanol–water partition coefficient (Wildman–Crippen LogP) is 3.37. The van der Waals surface area contributed by atoms with Gasteiger partial charge in [-0.25, -0.2) is 8.42 Å². The number of hydrogen-bond acceptors (Lipinski definition) is 2. The van der Waals surface area contributed by atoms with Crippen LogP contribution in [0.25, 0.3) is 0 Å². The van der Waals surface area contributed by atoms with Crippen LogP contribution in [-0.4, -0.2) is 18.9 Å². The van der Waals surface area contributed by atoms with Crippen LogP contribution >= 0.6 is 0 Å². The lowest BCUT2D eigenvalue weighted by atomic mass is 10.2. The average Bonchev–Trinajstić information content (AvgIpc) is 2.56. The Morgan fingerprint density at radius 1 is 0.818 bits per heavy atom. The Hall–Kier alpha value is -1.78. The van der Waals surface area contributed by atoms with E-state index >= 15 is 0 Å². The van der Waals surface area contributed by atoms with Gasteiger partial charge >= 0.3 is 0 Å². The molecule has 22 heavy (non-hydrogen) atoms. The van der Waals surface area contributed by atoms with Gasteiger partial charge in [0.2, 0.25) is 0 Å². The molecule has 3 atom stereocenters. The monoisotopic (exact) mass is 327 g/mol. The van der Waals surface area contributed by atoms with Crippen molar-refractivity contribution in [3.05, 3.63) is 78.9 Å². The van der Waals surface area contributed by atoms with Crippen LogP contribution in [0.15, 0.2) is 93.6 Å². The van der Waals surface area contributed by atoms with Gasteiger partial charge in [0.1, 0.15) is 10.1 Å². The standard InChI is InChI=1S/C18H15O2S2/c19-22(20)17-12-6-4-10-15(17)21(14-8-2-1-3-9-14)16-11-5-7-13-18(16)22/h1-13,15,17H/q+1. The van der Waals surface area contributed by atoms with E-state index in [0.717, 1.165) is 4.90 Å². The van der Waals surface area contributed by atoms with Gasteiger partial charge < -0.3 is 0 Å². The van der Waals surface area contributed by atoms with E-state index in [1.54, 1.807) is 6.07 Å². The van der Waals surface area contributed by atoms with E-state index in [1.807, 2.05) is 60.7 Å². The molecule has 0 spiro atoms. The first-order valence-electron chi connectivity index (χ1n) is 7.16. The van der Waals surface area contributed by atoms with E-state index in [9.17, 15) is 8.42 Å². The molecule has 0 fully saturated rings. The molecule has 2 aromatic carbocycles. The zero-order valence-electron chi connectivity index (χ0n) is 11.8. The van der Waals surface area contributed by atoms with Gasteiger partial charge in [-0.1, -0.05) is 48.6 Å². The minimum Gasteiger partial charge on any atom is -0.223 e. The maximum atomic E-state index is 12.9. The van der Waals surface area contributed by atoms with Crippen LogP contribution in [-0.2, 0) is 20.7 Å². The molecule has 1 aliphatic heterocycles. The van der Waals surface area contributed by atoms with Crippen LogP contribution < -0.4 is 0 Å². The van der Waals surface area contributed by atoms with Gasteiger partial charge in [-0.05, 0) is 30.3 Å². The van der Waals surface area contributed by atoms with Crippen molar-refractivity contribution in [3.63, 3.8) is 0 Å². The Morgan fingerprint density at radius 3 is 2.32 bits per heavy atom. The number of fused-ring (bicyclic) bond motifs is 2. The van der Waals surface area contributed by atoms with Crippen molar-refractivity contribution in [2.75, 3.05) is 0 Å². The van der Waals surface area contributed by atoms with E-state index < -0.39 is 15.1 Å². The molecule has 0 bridgehead atoms. The summed E-state index contributed by atoms with van der Waals surface area (Å²) in [6, 6.07) is 17.7. The molecule has 0 saturated carbocycles. The number of hydrogen-bond donors (Lipinski definition) is 0. The highest BCUT2D eigenvalue weighted by molar-refractivity contribution is 8.02. The Kier molecular flexibility index (Phi) is 3.24. The highest BCUT2D eigenvalue weighted by atomic mass is 32.2. The molecule has 4 heteroatoms. The van der Waals surface area contributed by atoms with E-state index in [1.165, 1.54) is 4.90 Å². The SMILES string of the molecule is O=S1(=O)c2ccccc2[S+](c2ccccc2)C2C=CC=CC21. The predicted molar refractivity (Wildman–Crippen MR) is 89.8 cm³/mol. The quantitative estimate of drug-likeness (QED) is 0.753. The third-order valence-electron chi connectivity index (χ3n) is 4.06. The summed E-state index contributed by atoms with van der Waals surface area (Å²) in [5, 5.41) is -0.483. The largest absolute Gasteiger partial charge is 0.223 e. The summed E-state index contributed by atoms with van der Waals surface area (Å²) in [6.07, 6.45) is 7.69. The van der Waals surface area contributed by atoms with Gasteiger partial charge in [-0.15, -0.1) is 0 Å². The summed E-state index contributed by atoms with van der Waals surface area (Å²) in [5.41, 5.74) is 0. The molecule has 2 aromatic rings. The van der Waals surface area contributed by atoms with Crippen molar-refractivity contribution in [3.8, 4) is 0 Å². The first-order valence-corrected chi connectivity index (χ1v) is 9.99. The molecule has 2 nitrogen and oxygen atoms in total. The highest BCUT2D eigenvalue weighted by Crippen LogP contribution is 2.43. The fraction of sp³-hybridized carbons (Fsp3) is 0.111. The zero-order valence-corrected chi connectivity index (χ0v) is 13.4. The summed E-state index contributed by atoms with van der Waals surface area (Å²) in [5.74, 6) is 0. The summed E-state index contributed by atoms with van der Waals surface area (Å²) in [4.78, 5) is 2.62. The fourth-order valence-electron chi connectivity index (χ4n) is 3.07. The Labute approximate surface area is 133 Å². The lowest BCUT2D eigenvalue weighted by Gasteiger charge is -2.29. The number of benzene rings is 2. The molecule has 0 amide bonds. The van der Waals surface area contributed by atoms with Gasteiger partial charge in [-0.3, -0.25) is 0 Å². The van der Waals surface area contributed by atoms with E-state index in [-0.39, 0.29) is 16.1 Å². The molecular weight excluding hydrogens is 312 g/mol. The molecular formula is C18H15O2S2+. The van der Waals surface area contributed by atoms with Gasteiger partial charge in [0, 0.05) is 0 Å². The van der Waals surface area contributed by atoms with Crippen molar-refractivity contribution in [2.24, 2.45) is 0 Å². The highest BCUT2D eigenvalue weighted by Gasteiger charge is 2.52. The van der Waals surface area contributed by atoms with E-state index in [2.05, 4.69) is 12.1 Å². The molecule has 1 aliphatic carbocycles. The molecule has 4 rings (SSSR count). The van der Waals surface area contributed by atoms with Crippen molar-refractivity contribution in [2.45, 2.75) is 25.2 Å². The molecule has 0 aromatic heterocycles. The van der Waals surface area contributed by atoms with E-state index in [0.29, 0.717) is 4.90 Å². The Bertz CT molecular complexity index is 867. The minimum absolute atomic E-state index is 0.0210. The second-order valence-corrected chi connectivity index (χ2v) is 9.55. The van der Waals surface area contributed by atoms with Crippen LogP contribution in [0.3, 0.4) is 0 Å². The number of rotatable bonds is 1.